The first-order valence-electron chi connectivity index (χ1n) is 5.65. The van der Waals surface area contributed by atoms with Gasteiger partial charge in [0.15, 0.2) is 0 Å². The Morgan fingerprint density at radius 2 is 2.07 bits per heavy atom. The molecule has 80 valence electrons. The molecule has 15 heavy (non-hydrogen) atoms. The van der Waals surface area contributed by atoms with Crippen molar-refractivity contribution < 1.29 is 0 Å². The highest BCUT2D eigenvalue weighted by Crippen LogP contribution is 2.16. The Morgan fingerprint density at radius 3 is 2.67 bits per heavy atom. The minimum absolute atomic E-state index is 0.461. The van der Waals surface area contributed by atoms with Gasteiger partial charge in [0, 0.05) is 19.0 Å². The van der Waals surface area contributed by atoms with Crippen molar-refractivity contribution in [3.05, 3.63) is 35.9 Å². The van der Waals surface area contributed by atoms with Gasteiger partial charge in [0.05, 0.1) is 5.84 Å². The van der Waals surface area contributed by atoms with Crippen molar-refractivity contribution in [2.45, 2.75) is 32.2 Å². The van der Waals surface area contributed by atoms with Crippen LogP contribution in [0, 0.1) is 5.41 Å². The number of amidine groups is 1. The minimum atomic E-state index is 0.461. The van der Waals surface area contributed by atoms with Crippen molar-refractivity contribution in [3.8, 4) is 0 Å². The lowest BCUT2D eigenvalue weighted by Gasteiger charge is -2.26. The molecule has 1 unspecified atom stereocenters. The topological polar surface area (TPSA) is 27.1 Å². The summed E-state index contributed by atoms with van der Waals surface area (Å²) >= 11 is 0. The normalized spacial score (nSPS) is 18.2. The second-order valence-corrected chi connectivity index (χ2v) is 4.28. The molecular weight excluding hydrogens is 184 g/mol. The van der Waals surface area contributed by atoms with Crippen LogP contribution in [-0.4, -0.2) is 23.3 Å². The first-order chi connectivity index (χ1) is 7.27. The summed E-state index contributed by atoms with van der Waals surface area (Å²) in [6.07, 6.45) is 3.15. The Labute approximate surface area is 91.4 Å². The van der Waals surface area contributed by atoms with E-state index in [2.05, 4.69) is 36.1 Å². The van der Waals surface area contributed by atoms with Crippen LogP contribution in [0.5, 0.6) is 0 Å². The lowest BCUT2D eigenvalue weighted by atomic mass is 10.1. The Bertz CT molecular complexity index is 332. The highest BCUT2D eigenvalue weighted by Gasteiger charge is 2.21. The van der Waals surface area contributed by atoms with Gasteiger partial charge in [-0.1, -0.05) is 30.3 Å². The van der Waals surface area contributed by atoms with E-state index in [0.717, 1.165) is 31.6 Å². The van der Waals surface area contributed by atoms with Gasteiger partial charge in [-0.3, -0.25) is 5.41 Å². The maximum Gasteiger partial charge on any atom is 0.0960 e. The molecule has 0 spiro atoms. The van der Waals surface area contributed by atoms with Crippen LogP contribution in [0.25, 0.3) is 0 Å². The van der Waals surface area contributed by atoms with Crippen LogP contribution in [0.3, 0.4) is 0 Å². The first-order valence-corrected chi connectivity index (χ1v) is 5.65. The summed E-state index contributed by atoms with van der Waals surface area (Å²) in [4.78, 5) is 2.23. The van der Waals surface area contributed by atoms with Crippen molar-refractivity contribution in [1.82, 2.24) is 4.90 Å². The van der Waals surface area contributed by atoms with Gasteiger partial charge in [-0.25, -0.2) is 0 Å². The number of benzene rings is 1. The number of rotatable bonds is 3. The average molecular weight is 202 g/mol. The fraction of sp³-hybridized carbons (Fsp3) is 0.462. The summed E-state index contributed by atoms with van der Waals surface area (Å²) in [6.45, 7) is 3.28. The van der Waals surface area contributed by atoms with E-state index in [1.165, 1.54) is 5.56 Å². The number of nitrogens with zero attached hydrogens (tertiary/aromatic N) is 1. The van der Waals surface area contributed by atoms with Crippen molar-refractivity contribution >= 4 is 5.84 Å². The van der Waals surface area contributed by atoms with Gasteiger partial charge in [-0.05, 0) is 25.3 Å². The van der Waals surface area contributed by atoms with Crippen LogP contribution in [0.1, 0.15) is 25.3 Å². The molecule has 0 saturated carbocycles. The standard InChI is InChI=1S/C13H18N2/c1-11(15-9-5-8-13(15)14)10-12-6-3-2-4-7-12/h2-4,6-7,11,14H,5,8-10H2,1H3. The van der Waals surface area contributed by atoms with Crippen LogP contribution in [0.4, 0.5) is 0 Å². The molecular formula is C13H18N2. The molecule has 0 bridgehead atoms. The molecule has 2 heteroatoms. The number of likely N-dealkylation sites (tertiary alicyclic amines) is 1. The molecule has 1 atom stereocenters. The Kier molecular flexibility index (Phi) is 3.05. The van der Waals surface area contributed by atoms with E-state index in [9.17, 15) is 0 Å². The Morgan fingerprint density at radius 1 is 1.33 bits per heavy atom. The van der Waals surface area contributed by atoms with E-state index in [1.54, 1.807) is 0 Å². The monoisotopic (exact) mass is 202 g/mol. The molecule has 0 aliphatic carbocycles. The average Bonchev–Trinajstić information content (AvgIpc) is 2.66. The predicted octanol–water partition coefficient (Wildman–Crippen LogP) is 2.69. The van der Waals surface area contributed by atoms with E-state index in [0.29, 0.717) is 6.04 Å². The van der Waals surface area contributed by atoms with Gasteiger partial charge in [0.1, 0.15) is 0 Å². The third kappa shape index (κ3) is 2.38. The summed E-state index contributed by atoms with van der Waals surface area (Å²) in [7, 11) is 0. The van der Waals surface area contributed by atoms with Gasteiger partial charge < -0.3 is 4.90 Å². The zero-order valence-electron chi connectivity index (χ0n) is 9.24. The molecule has 0 radical (unpaired) electrons. The van der Waals surface area contributed by atoms with Crippen LogP contribution >= 0.6 is 0 Å². The second kappa shape index (κ2) is 4.47. The maximum absolute atomic E-state index is 7.83. The van der Waals surface area contributed by atoms with Gasteiger partial charge in [-0.2, -0.15) is 0 Å². The lowest BCUT2D eigenvalue weighted by Crippen LogP contribution is -2.35. The van der Waals surface area contributed by atoms with Crippen LogP contribution in [0.15, 0.2) is 30.3 Å². The van der Waals surface area contributed by atoms with E-state index in [4.69, 9.17) is 5.41 Å². The van der Waals surface area contributed by atoms with E-state index < -0.39 is 0 Å². The van der Waals surface area contributed by atoms with Crippen molar-refractivity contribution in [3.63, 3.8) is 0 Å². The Balaban J connectivity index is 1.97. The molecule has 2 rings (SSSR count). The molecule has 1 N–H and O–H groups in total. The van der Waals surface area contributed by atoms with Gasteiger partial charge in [-0.15, -0.1) is 0 Å². The molecule has 1 heterocycles. The third-order valence-corrected chi connectivity index (χ3v) is 3.07. The Hall–Kier alpha value is -1.31. The maximum atomic E-state index is 7.83. The fourth-order valence-electron chi connectivity index (χ4n) is 2.25. The summed E-state index contributed by atoms with van der Waals surface area (Å²) < 4.78 is 0. The molecule has 1 aromatic rings. The summed E-state index contributed by atoms with van der Waals surface area (Å²) in [5, 5.41) is 7.83. The second-order valence-electron chi connectivity index (χ2n) is 4.28. The van der Waals surface area contributed by atoms with E-state index >= 15 is 0 Å². The van der Waals surface area contributed by atoms with E-state index in [-0.39, 0.29) is 0 Å². The molecule has 1 aromatic carbocycles. The van der Waals surface area contributed by atoms with Crippen LogP contribution in [-0.2, 0) is 6.42 Å². The molecule has 1 aliphatic rings. The zero-order chi connectivity index (χ0) is 10.7. The number of hydrogen-bond donors (Lipinski definition) is 1. The summed E-state index contributed by atoms with van der Waals surface area (Å²) in [5.41, 5.74) is 1.37. The molecule has 0 amide bonds. The fourth-order valence-corrected chi connectivity index (χ4v) is 2.25. The SMILES string of the molecule is CC(Cc1ccccc1)N1CCCC1=N. The minimum Gasteiger partial charge on any atom is -0.358 e. The smallest absolute Gasteiger partial charge is 0.0960 e. The van der Waals surface area contributed by atoms with Crippen molar-refractivity contribution in [2.75, 3.05) is 6.54 Å². The van der Waals surface area contributed by atoms with Crippen molar-refractivity contribution in [1.29, 1.82) is 5.41 Å². The largest absolute Gasteiger partial charge is 0.358 e. The number of hydrogen-bond acceptors (Lipinski definition) is 1. The molecule has 2 nitrogen and oxygen atoms in total. The summed E-state index contributed by atoms with van der Waals surface area (Å²) in [6, 6.07) is 11.0. The molecule has 1 fully saturated rings. The highest BCUT2D eigenvalue weighted by atomic mass is 15.2. The molecule has 1 aliphatic heterocycles. The lowest BCUT2D eigenvalue weighted by molar-refractivity contribution is 0.351. The quantitative estimate of drug-likeness (QED) is 0.801. The predicted molar refractivity (Wildman–Crippen MR) is 63.3 cm³/mol. The van der Waals surface area contributed by atoms with Gasteiger partial charge >= 0.3 is 0 Å². The first kappa shape index (κ1) is 10.2. The van der Waals surface area contributed by atoms with Gasteiger partial charge in [0.2, 0.25) is 0 Å². The summed E-state index contributed by atoms with van der Waals surface area (Å²) in [5.74, 6) is 0.818. The van der Waals surface area contributed by atoms with Crippen LogP contribution < -0.4 is 0 Å². The zero-order valence-corrected chi connectivity index (χ0v) is 9.24. The third-order valence-electron chi connectivity index (χ3n) is 3.07. The van der Waals surface area contributed by atoms with E-state index in [1.807, 2.05) is 6.07 Å². The highest BCUT2D eigenvalue weighted by molar-refractivity contribution is 5.81. The molecule has 1 saturated heterocycles. The van der Waals surface area contributed by atoms with Crippen molar-refractivity contribution in [2.24, 2.45) is 0 Å². The number of nitrogens with one attached hydrogen (secondary N) is 1. The van der Waals surface area contributed by atoms with Crippen LogP contribution in [0.2, 0.25) is 0 Å². The molecule has 0 aromatic heterocycles. The van der Waals surface area contributed by atoms with Gasteiger partial charge in [0.25, 0.3) is 0 Å².